The number of methoxy groups -OCH3 is 1. The van der Waals surface area contributed by atoms with Crippen LogP contribution in [0.1, 0.15) is 24.4 Å². The molecule has 0 aliphatic carbocycles. The van der Waals surface area contributed by atoms with Crippen molar-refractivity contribution < 1.29 is 4.74 Å². The van der Waals surface area contributed by atoms with Crippen LogP contribution in [-0.2, 0) is 4.74 Å². The first-order chi connectivity index (χ1) is 8.86. The van der Waals surface area contributed by atoms with Crippen LogP contribution in [0.5, 0.6) is 0 Å². The maximum atomic E-state index is 5.12. The number of rotatable bonds is 6. The molecule has 96 valence electrons. The normalized spacial score (nSPS) is 12.8. The summed E-state index contributed by atoms with van der Waals surface area (Å²) in [4.78, 5) is 4.40. The Bertz CT molecular complexity index is 493. The lowest BCUT2D eigenvalue weighted by atomic mass is 9.98. The van der Waals surface area contributed by atoms with Crippen molar-refractivity contribution in [2.45, 2.75) is 18.9 Å². The first-order valence-electron chi connectivity index (χ1n) is 6.36. The van der Waals surface area contributed by atoms with E-state index in [-0.39, 0.29) is 0 Å². The summed E-state index contributed by atoms with van der Waals surface area (Å²) in [6, 6.07) is 10.7. The van der Waals surface area contributed by atoms with Crippen molar-refractivity contribution in [2.75, 3.05) is 20.8 Å². The zero-order valence-electron chi connectivity index (χ0n) is 11.0. The minimum atomic E-state index is 0.355. The molecule has 1 aromatic carbocycles. The molecule has 0 saturated heterocycles. The molecule has 1 heterocycles. The Morgan fingerprint density at radius 2 is 2.11 bits per heavy atom. The molecule has 0 spiro atoms. The lowest BCUT2D eigenvalue weighted by molar-refractivity contribution is 0.189. The fourth-order valence-electron chi connectivity index (χ4n) is 2.31. The number of hydrogen-bond acceptors (Lipinski definition) is 3. The Kier molecular flexibility index (Phi) is 4.67. The molecule has 3 heteroatoms. The van der Waals surface area contributed by atoms with Gasteiger partial charge in [0.05, 0.1) is 5.52 Å². The monoisotopic (exact) mass is 244 g/mol. The van der Waals surface area contributed by atoms with E-state index < -0.39 is 0 Å². The zero-order chi connectivity index (χ0) is 12.8. The fraction of sp³-hybridized carbons (Fsp3) is 0.400. The van der Waals surface area contributed by atoms with Crippen LogP contribution in [0.4, 0.5) is 0 Å². The number of aromatic nitrogens is 1. The van der Waals surface area contributed by atoms with Gasteiger partial charge in [-0.2, -0.15) is 0 Å². The van der Waals surface area contributed by atoms with Crippen molar-refractivity contribution in [3.8, 4) is 0 Å². The van der Waals surface area contributed by atoms with Gasteiger partial charge in [0.15, 0.2) is 0 Å². The van der Waals surface area contributed by atoms with Crippen molar-refractivity contribution in [3.63, 3.8) is 0 Å². The molecule has 3 nitrogen and oxygen atoms in total. The summed E-state index contributed by atoms with van der Waals surface area (Å²) in [5, 5.41) is 4.62. The van der Waals surface area contributed by atoms with Crippen LogP contribution < -0.4 is 5.32 Å². The van der Waals surface area contributed by atoms with Gasteiger partial charge in [0.25, 0.3) is 0 Å². The molecule has 0 bridgehead atoms. The second kappa shape index (κ2) is 6.47. The molecule has 1 N–H and O–H groups in total. The van der Waals surface area contributed by atoms with E-state index in [1.807, 2.05) is 19.3 Å². The smallest absolute Gasteiger partial charge is 0.0705 e. The first kappa shape index (κ1) is 13.0. The molecule has 1 unspecified atom stereocenters. The molecule has 0 radical (unpaired) electrons. The topological polar surface area (TPSA) is 34.1 Å². The highest BCUT2D eigenvalue weighted by molar-refractivity contribution is 5.82. The maximum absolute atomic E-state index is 5.12. The van der Waals surface area contributed by atoms with Gasteiger partial charge < -0.3 is 10.1 Å². The number of fused-ring (bicyclic) bond motifs is 1. The van der Waals surface area contributed by atoms with Gasteiger partial charge in [-0.3, -0.25) is 4.98 Å². The number of pyridine rings is 1. The molecule has 0 aliphatic heterocycles. The van der Waals surface area contributed by atoms with Gasteiger partial charge in [0.2, 0.25) is 0 Å². The Morgan fingerprint density at radius 1 is 1.28 bits per heavy atom. The largest absolute Gasteiger partial charge is 0.385 e. The molecule has 1 aromatic heterocycles. The van der Waals surface area contributed by atoms with Crippen molar-refractivity contribution in [1.29, 1.82) is 0 Å². The van der Waals surface area contributed by atoms with E-state index in [0.717, 1.165) is 25.0 Å². The van der Waals surface area contributed by atoms with E-state index in [4.69, 9.17) is 4.74 Å². The highest BCUT2D eigenvalue weighted by atomic mass is 16.5. The molecule has 0 fully saturated rings. The first-order valence-corrected chi connectivity index (χ1v) is 6.36. The summed E-state index contributed by atoms with van der Waals surface area (Å²) in [7, 11) is 3.75. The summed E-state index contributed by atoms with van der Waals surface area (Å²) in [5.41, 5.74) is 2.38. The Balaban J connectivity index is 2.27. The molecule has 2 aromatic rings. The lowest BCUT2D eigenvalue weighted by Gasteiger charge is -2.18. The molecule has 0 amide bonds. The molecule has 0 saturated carbocycles. The van der Waals surface area contributed by atoms with Crippen LogP contribution in [0, 0.1) is 0 Å². The van der Waals surface area contributed by atoms with Gasteiger partial charge in [-0.1, -0.05) is 18.2 Å². The van der Waals surface area contributed by atoms with Crippen molar-refractivity contribution >= 4 is 10.9 Å². The number of hydrogen-bond donors (Lipinski definition) is 1. The number of para-hydroxylation sites is 1. The van der Waals surface area contributed by atoms with Crippen LogP contribution in [0.3, 0.4) is 0 Å². The summed E-state index contributed by atoms with van der Waals surface area (Å²) in [6.07, 6.45) is 4.01. The van der Waals surface area contributed by atoms with Crippen molar-refractivity contribution in [3.05, 3.63) is 42.1 Å². The second-order valence-electron chi connectivity index (χ2n) is 4.39. The third kappa shape index (κ3) is 2.86. The third-order valence-electron chi connectivity index (χ3n) is 3.25. The standard InChI is InChI=1S/C15H20N2O/c1-16-14(8-5-11-18-2)13-9-10-17-15-7-4-3-6-12(13)15/h3-4,6-7,9-10,14,16H,5,8,11H2,1-2H3. The van der Waals surface area contributed by atoms with Gasteiger partial charge in [0.1, 0.15) is 0 Å². The van der Waals surface area contributed by atoms with Crippen molar-refractivity contribution in [1.82, 2.24) is 10.3 Å². The van der Waals surface area contributed by atoms with E-state index in [1.54, 1.807) is 7.11 Å². The minimum Gasteiger partial charge on any atom is -0.385 e. The van der Waals surface area contributed by atoms with Gasteiger partial charge in [-0.05, 0) is 37.6 Å². The summed E-state index contributed by atoms with van der Waals surface area (Å²) in [6.45, 7) is 0.807. The molecular weight excluding hydrogens is 224 g/mol. The third-order valence-corrected chi connectivity index (χ3v) is 3.25. The lowest BCUT2D eigenvalue weighted by Crippen LogP contribution is -2.17. The van der Waals surface area contributed by atoms with E-state index in [9.17, 15) is 0 Å². The maximum Gasteiger partial charge on any atom is 0.0705 e. The van der Waals surface area contributed by atoms with Gasteiger partial charge in [0, 0.05) is 31.3 Å². The van der Waals surface area contributed by atoms with E-state index >= 15 is 0 Å². The van der Waals surface area contributed by atoms with Crippen LogP contribution in [0.2, 0.25) is 0 Å². The number of nitrogens with zero attached hydrogens (tertiary/aromatic N) is 1. The van der Waals surface area contributed by atoms with E-state index in [1.165, 1.54) is 10.9 Å². The molecular formula is C15H20N2O. The van der Waals surface area contributed by atoms with Gasteiger partial charge in [-0.15, -0.1) is 0 Å². The second-order valence-corrected chi connectivity index (χ2v) is 4.39. The highest BCUT2D eigenvalue weighted by Gasteiger charge is 2.12. The van der Waals surface area contributed by atoms with Crippen LogP contribution in [0.15, 0.2) is 36.5 Å². The zero-order valence-corrected chi connectivity index (χ0v) is 11.0. The minimum absolute atomic E-state index is 0.355. The van der Waals surface area contributed by atoms with Crippen LogP contribution >= 0.6 is 0 Å². The number of ether oxygens (including phenoxy) is 1. The Labute approximate surface area is 108 Å². The van der Waals surface area contributed by atoms with Crippen LogP contribution in [-0.4, -0.2) is 25.7 Å². The van der Waals surface area contributed by atoms with E-state index in [0.29, 0.717) is 6.04 Å². The Morgan fingerprint density at radius 3 is 2.89 bits per heavy atom. The Hall–Kier alpha value is -1.45. The summed E-state index contributed by atoms with van der Waals surface area (Å²) < 4.78 is 5.12. The molecule has 1 atom stereocenters. The van der Waals surface area contributed by atoms with Gasteiger partial charge in [-0.25, -0.2) is 0 Å². The molecule has 0 aliphatic rings. The summed E-state index contributed by atoms with van der Waals surface area (Å²) >= 11 is 0. The molecule has 2 rings (SSSR count). The predicted octanol–water partition coefficient (Wildman–Crippen LogP) is 2.92. The quantitative estimate of drug-likeness (QED) is 0.793. The summed E-state index contributed by atoms with van der Waals surface area (Å²) in [5.74, 6) is 0. The number of nitrogens with one attached hydrogen (secondary N) is 1. The highest BCUT2D eigenvalue weighted by Crippen LogP contribution is 2.25. The molecule has 18 heavy (non-hydrogen) atoms. The number of benzene rings is 1. The average Bonchev–Trinajstić information content (AvgIpc) is 2.43. The SMILES string of the molecule is CNC(CCCOC)c1ccnc2ccccc12. The average molecular weight is 244 g/mol. The van der Waals surface area contributed by atoms with Crippen LogP contribution in [0.25, 0.3) is 10.9 Å². The van der Waals surface area contributed by atoms with Gasteiger partial charge >= 0.3 is 0 Å². The van der Waals surface area contributed by atoms with Crippen molar-refractivity contribution in [2.24, 2.45) is 0 Å². The predicted molar refractivity (Wildman–Crippen MR) is 74.7 cm³/mol. The fourth-order valence-corrected chi connectivity index (χ4v) is 2.31. The van der Waals surface area contributed by atoms with E-state index in [2.05, 4.69) is 34.6 Å².